The van der Waals surface area contributed by atoms with E-state index in [1.165, 1.54) is 0 Å². The minimum absolute atomic E-state index is 0.159. The summed E-state index contributed by atoms with van der Waals surface area (Å²) in [6.07, 6.45) is 2.38. The van der Waals surface area contributed by atoms with Crippen LogP contribution in [-0.2, 0) is 9.53 Å². The molecule has 8 nitrogen and oxygen atoms in total. The van der Waals surface area contributed by atoms with Crippen molar-refractivity contribution in [3.8, 4) is 0 Å². The van der Waals surface area contributed by atoms with E-state index in [2.05, 4.69) is 25.7 Å². The van der Waals surface area contributed by atoms with Crippen molar-refractivity contribution in [2.75, 3.05) is 41.8 Å². The first-order valence-corrected chi connectivity index (χ1v) is 8.45. The number of pyridine rings is 1. The molecule has 3 heterocycles. The third kappa shape index (κ3) is 4.48. The smallest absolute Gasteiger partial charge is 0.248 e. The Morgan fingerprint density at radius 1 is 1.36 bits per heavy atom. The van der Waals surface area contributed by atoms with Gasteiger partial charge >= 0.3 is 0 Å². The van der Waals surface area contributed by atoms with Gasteiger partial charge in [0.05, 0.1) is 25.1 Å². The number of amides is 1. The fourth-order valence-electron chi connectivity index (χ4n) is 2.64. The maximum atomic E-state index is 12.4. The van der Waals surface area contributed by atoms with Gasteiger partial charge in [0.15, 0.2) is 5.82 Å². The fourth-order valence-corrected chi connectivity index (χ4v) is 2.64. The lowest BCUT2D eigenvalue weighted by Gasteiger charge is -2.28. The van der Waals surface area contributed by atoms with Crippen LogP contribution in [0, 0.1) is 6.92 Å². The summed E-state index contributed by atoms with van der Waals surface area (Å²) in [5, 5.41) is 9.74. The molecule has 1 aliphatic heterocycles. The van der Waals surface area contributed by atoms with Gasteiger partial charge in [0.2, 0.25) is 5.91 Å². The van der Waals surface area contributed by atoms with E-state index in [0.29, 0.717) is 18.0 Å². The zero-order valence-corrected chi connectivity index (χ0v) is 14.5. The number of aromatic nitrogens is 2. The Morgan fingerprint density at radius 2 is 2.16 bits per heavy atom. The lowest BCUT2D eigenvalue weighted by molar-refractivity contribution is -0.117. The summed E-state index contributed by atoms with van der Waals surface area (Å²) in [5.74, 6) is 1.83. The van der Waals surface area contributed by atoms with Crippen molar-refractivity contribution >= 4 is 23.2 Å². The van der Waals surface area contributed by atoms with Gasteiger partial charge in [-0.3, -0.25) is 4.79 Å². The number of carbonyl (C=O) groups excluding carboxylic acids is 1. The summed E-state index contributed by atoms with van der Waals surface area (Å²) in [4.78, 5) is 19.0. The maximum Gasteiger partial charge on any atom is 0.248 e. The molecule has 1 aliphatic rings. The van der Waals surface area contributed by atoms with Crippen LogP contribution in [0.2, 0.25) is 0 Å². The highest BCUT2D eigenvalue weighted by molar-refractivity contribution is 5.95. The second-order valence-corrected chi connectivity index (χ2v) is 5.92. The van der Waals surface area contributed by atoms with Gasteiger partial charge in [0.1, 0.15) is 17.6 Å². The molecule has 2 N–H and O–H groups in total. The van der Waals surface area contributed by atoms with Crippen molar-refractivity contribution in [1.82, 2.24) is 10.1 Å². The van der Waals surface area contributed by atoms with Crippen LogP contribution in [0.3, 0.4) is 0 Å². The van der Waals surface area contributed by atoms with Gasteiger partial charge in [0, 0.05) is 19.2 Å². The average Bonchev–Trinajstić information content (AvgIpc) is 3.05. The SMILES string of the molecule is CCC(Nc1ccc(N2CCOCC2)nc1)C(=O)Nc1cc(C)on1. The second kappa shape index (κ2) is 7.98. The molecule has 0 spiro atoms. The lowest BCUT2D eigenvalue weighted by atomic mass is 10.2. The predicted octanol–water partition coefficient (Wildman–Crippen LogP) is 2.04. The number of ether oxygens (including phenoxy) is 1. The molecule has 1 atom stereocenters. The molecule has 0 saturated carbocycles. The number of nitrogens with one attached hydrogen (secondary N) is 2. The summed E-state index contributed by atoms with van der Waals surface area (Å²) in [6.45, 7) is 6.86. The van der Waals surface area contributed by atoms with Crippen molar-refractivity contribution in [1.29, 1.82) is 0 Å². The van der Waals surface area contributed by atoms with Crippen molar-refractivity contribution < 1.29 is 14.1 Å². The summed E-state index contributed by atoms with van der Waals surface area (Å²) in [7, 11) is 0. The van der Waals surface area contributed by atoms with E-state index in [9.17, 15) is 4.79 Å². The molecule has 3 rings (SSSR count). The number of hydrogen-bond donors (Lipinski definition) is 2. The Balaban J connectivity index is 1.59. The molecule has 0 radical (unpaired) electrons. The first kappa shape index (κ1) is 17.2. The van der Waals surface area contributed by atoms with E-state index in [-0.39, 0.29) is 11.9 Å². The molecular formula is C17H23N5O3. The van der Waals surface area contributed by atoms with Gasteiger partial charge in [-0.15, -0.1) is 0 Å². The van der Waals surface area contributed by atoms with Crippen molar-refractivity contribution in [3.05, 3.63) is 30.2 Å². The van der Waals surface area contributed by atoms with Crippen LogP contribution in [-0.4, -0.2) is 48.4 Å². The Morgan fingerprint density at radius 3 is 2.76 bits per heavy atom. The standard InChI is InChI=1S/C17H23N5O3/c1-3-14(17(23)20-15-10-12(2)25-21-15)19-13-4-5-16(18-11-13)22-6-8-24-9-7-22/h4-5,10-11,14,19H,3,6-9H2,1-2H3,(H,20,21,23). The number of aryl methyl sites for hydroxylation is 1. The zero-order valence-electron chi connectivity index (χ0n) is 14.5. The molecular weight excluding hydrogens is 322 g/mol. The Kier molecular flexibility index (Phi) is 5.49. The largest absolute Gasteiger partial charge is 0.378 e. The van der Waals surface area contributed by atoms with Gasteiger partial charge in [-0.05, 0) is 25.5 Å². The minimum atomic E-state index is -0.381. The highest BCUT2D eigenvalue weighted by Crippen LogP contribution is 2.17. The molecule has 8 heteroatoms. The van der Waals surface area contributed by atoms with Crippen molar-refractivity contribution in [3.63, 3.8) is 0 Å². The highest BCUT2D eigenvalue weighted by atomic mass is 16.5. The van der Waals surface area contributed by atoms with Crippen LogP contribution in [0.15, 0.2) is 28.9 Å². The van der Waals surface area contributed by atoms with E-state index in [0.717, 1.165) is 37.8 Å². The fraction of sp³-hybridized carbons (Fsp3) is 0.471. The number of carbonyl (C=O) groups is 1. The van der Waals surface area contributed by atoms with Gasteiger partial charge in [0.25, 0.3) is 0 Å². The van der Waals surface area contributed by atoms with Gasteiger partial charge in [-0.1, -0.05) is 12.1 Å². The monoisotopic (exact) mass is 345 g/mol. The Hall–Kier alpha value is -2.61. The molecule has 0 bridgehead atoms. The van der Waals surface area contributed by atoms with Gasteiger partial charge in [-0.2, -0.15) is 0 Å². The molecule has 0 aromatic carbocycles. The number of morpholine rings is 1. The van der Waals surface area contributed by atoms with E-state index in [1.54, 1.807) is 19.2 Å². The van der Waals surface area contributed by atoms with Crippen LogP contribution in [0.25, 0.3) is 0 Å². The molecule has 134 valence electrons. The van der Waals surface area contributed by atoms with Crippen molar-refractivity contribution in [2.45, 2.75) is 26.3 Å². The normalized spacial score (nSPS) is 15.7. The van der Waals surface area contributed by atoms with Crippen LogP contribution in [0.5, 0.6) is 0 Å². The molecule has 0 aliphatic carbocycles. The third-order valence-corrected chi connectivity index (χ3v) is 4.03. The summed E-state index contributed by atoms with van der Waals surface area (Å²) < 4.78 is 10.3. The number of rotatable bonds is 6. The molecule has 1 amide bonds. The molecule has 1 fully saturated rings. The molecule has 1 saturated heterocycles. The Labute approximate surface area is 146 Å². The molecule has 2 aromatic heterocycles. The molecule has 25 heavy (non-hydrogen) atoms. The lowest BCUT2D eigenvalue weighted by Crippen LogP contribution is -2.37. The quantitative estimate of drug-likeness (QED) is 0.827. The first-order chi connectivity index (χ1) is 12.2. The topological polar surface area (TPSA) is 92.5 Å². The highest BCUT2D eigenvalue weighted by Gasteiger charge is 2.18. The van der Waals surface area contributed by atoms with Gasteiger partial charge < -0.3 is 24.8 Å². The number of anilines is 3. The first-order valence-electron chi connectivity index (χ1n) is 8.45. The Bertz CT molecular complexity index is 695. The average molecular weight is 345 g/mol. The zero-order chi connectivity index (χ0) is 17.6. The van der Waals surface area contributed by atoms with Crippen molar-refractivity contribution in [2.24, 2.45) is 0 Å². The summed E-state index contributed by atoms with van der Waals surface area (Å²) in [5.41, 5.74) is 0.801. The minimum Gasteiger partial charge on any atom is -0.378 e. The van der Waals surface area contributed by atoms with Gasteiger partial charge in [-0.25, -0.2) is 4.98 Å². The van der Waals surface area contributed by atoms with Crippen LogP contribution in [0.4, 0.5) is 17.3 Å². The predicted molar refractivity (Wildman–Crippen MR) is 94.8 cm³/mol. The van der Waals surface area contributed by atoms with E-state index in [1.807, 2.05) is 19.1 Å². The summed E-state index contributed by atoms with van der Waals surface area (Å²) >= 11 is 0. The maximum absolute atomic E-state index is 12.4. The third-order valence-electron chi connectivity index (χ3n) is 4.03. The van der Waals surface area contributed by atoms with Crippen LogP contribution < -0.4 is 15.5 Å². The number of nitrogens with zero attached hydrogens (tertiary/aromatic N) is 3. The van der Waals surface area contributed by atoms with E-state index >= 15 is 0 Å². The summed E-state index contributed by atoms with van der Waals surface area (Å²) in [6, 6.07) is 5.20. The van der Waals surface area contributed by atoms with Crippen LogP contribution >= 0.6 is 0 Å². The molecule has 2 aromatic rings. The van der Waals surface area contributed by atoms with Crippen LogP contribution in [0.1, 0.15) is 19.1 Å². The van der Waals surface area contributed by atoms with E-state index in [4.69, 9.17) is 9.26 Å². The number of hydrogen-bond acceptors (Lipinski definition) is 7. The second-order valence-electron chi connectivity index (χ2n) is 5.92. The molecule has 1 unspecified atom stereocenters. The van der Waals surface area contributed by atoms with E-state index < -0.39 is 0 Å².